The monoisotopic (exact) mass is 268 g/mol. The number of nitrogens with zero attached hydrogens (tertiary/aromatic N) is 2. The molecule has 0 radical (unpaired) electrons. The molecular formula is C18H24N2. The zero-order valence-electron chi connectivity index (χ0n) is 12.8. The van der Waals surface area contributed by atoms with Crippen molar-refractivity contribution in [3.8, 4) is 0 Å². The molecule has 0 bridgehead atoms. The lowest BCUT2D eigenvalue weighted by Crippen LogP contribution is -2.11. The van der Waals surface area contributed by atoms with Crippen LogP contribution in [0.1, 0.15) is 38.2 Å². The van der Waals surface area contributed by atoms with E-state index < -0.39 is 0 Å². The fourth-order valence-electron chi connectivity index (χ4n) is 2.92. The van der Waals surface area contributed by atoms with Crippen molar-refractivity contribution in [1.82, 2.24) is 9.55 Å². The zero-order chi connectivity index (χ0) is 14.7. The van der Waals surface area contributed by atoms with Crippen LogP contribution in [0.5, 0.6) is 0 Å². The van der Waals surface area contributed by atoms with Gasteiger partial charge >= 0.3 is 0 Å². The van der Waals surface area contributed by atoms with E-state index in [4.69, 9.17) is 0 Å². The Morgan fingerprint density at radius 3 is 2.90 bits per heavy atom. The summed E-state index contributed by atoms with van der Waals surface area (Å²) in [5.74, 6) is 0.872. The standard InChI is InChI=1S/C18H24N2/c1-6-9-15(14(4)13(3)7-2)17-12-20(5)18-16(17)10-8-11-19-18/h6,8,10-12,14-15H,1,3,7,9H2,2,4-5H3/t14-,15?/m0/s1. The second kappa shape index (κ2) is 6.08. The highest BCUT2D eigenvalue weighted by Gasteiger charge is 2.23. The molecule has 0 aromatic carbocycles. The van der Waals surface area contributed by atoms with E-state index in [1.165, 1.54) is 16.5 Å². The molecule has 2 heterocycles. The maximum atomic E-state index is 4.48. The first-order valence-corrected chi connectivity index (χ1v) is 7.28. The third kappa shape index (κ3) is 2.55. The lowest BCUT2D eigenvalue weighted by Gasteiger charge is -2.24. The van der Waals surface area contributed by atoms with E-state index in [1.54, 1.807) is 0 Å². The highest BCUT2D eigenvalue weighted by atomic mass is 15.0. The van der Waals surface area contributed by atoms with Gasteiger partial charge in [0.2, 0.25) is 0 Å². The minimum absolute atomic E-state index is 0.424. The first kappa shape index (κ1) is 14.6. The van der Waals surface area contributed by atoms with Crippen LogP contribution in [-0.2, 0) is 7.05 Å². The maximum absolute atomic E-state index is 4.48. The number of fused-ring (bicyclic) bond motifs is 1. The lowest BCUT2D eigenvalue weighted by molar-refractivity contribution is 0.518. The molecule has 1 unspecified atom stereocenters. The molecule has 0 amide bonds. The van der Waals surface area contributed by atoms with E-state index in [2.05, 4.69) is 55.9 Å². The zero-order valence-corrected chi connectivity index (χ0v) is 12.8. The molecule has 0 spiro atoms. The van der Waals surface area contributed by atoms with Gasteiger partial charge in [0.15, 0.2) is 0 Å². The van der Waals surface area contributed by atoms with Crippen LogP contribution in [0.2, 0.25) is 0 Å². The molecule has 0 aliphatic carbocycles. The number of hydrogen-bond donors (Lipinski definition) is 0. The minimum Gasteiger partial charge on any atom is -0.335 e. The summed E-state index contributed by atoms with van der Waals surface area (Å²) in [6.07, 6.45) is 8.07. The van der Waals surface area contributed by atoms with Gasteiger partial charge in [-0.05, 0) is 42.4 Å². The van der Waals surface area contributed by atoms with Gasteiger partial charge in [-0.25, -0.2) is 4.98 Å². The van der Waals surface area contributed by atoms with Crippen molar-refractivity contribution in [2.75, 3.05) is 0 Å². The predicted octanol–water partition coefficient (Wildman–Crippen LogP) is 4.84. The summed E-state index contributed by atoms with van der Waals surface area (Å²) < 4.78 is 2.11. The SMILES string of the molecule is C=CCC(c1cn(C)c2ncccc12)[C@@H](C)C(=C)CC. The van der Waals surface area contributed by atoms with Gasteiger partial charge in [-0.3, -0.25) is 0 Å². The van der Waals surface area contributed by atoms with Crippen molar-refractivity contribution in [2.45, 2.75) is 32.6 Å². The summed E-state index contributed by atoms with van der Waals surface area (Å²) in [6.45, 7) is 12.6. The molecular weight excluding hydrogens is 244 g/mol. The van der Waals surface area contributed by atoms with Crippen molar-refractivity contribution in [2.24, 2.45) is 13.0 Å². The normalized spacial score (nSPS) is 14.2. The molecule has 2 nitrogen and oxygen atoms in total. The van der Waals surface area contributed by atoms with E-state index in [-0.39, 0.29) is 0 Å². The van der Waals surface area contributed by atoms with Crippen molar-refractivity contribution >= 4 is 11.0 Å². The number of aromatic nitrogens is 2. The van der Waals surface area contributed by atoms with Gasteiger partial charge in [0, 0.05) is 24.8 Å². The molecule has 0 aliphatic heterocycles. The Hall–Kier alpha value is -1.83. The molecule has 0 N–H and O–H groups in total. The van der Waals surface area contributed by atoms with Crippen molar-refractivity contribution in [3.05, 3.63) is 54.9 Å². The fourth-order valence-corrected chi connectivity index (χ4v) is 2.92. The van der Waals surface area contributed by atoms with Gasteiger partial charge in [-0.2, -0.15) is 0 Å². The van der Waals surface area contributed by atoms with Crippen LogP contribution < -0.4 is 0 Å². The third-order valence-corrected chi connectivity index (χ3v) is 4.29. The minimum atomic E-state index is 0.424. The Morgan fingerprint density at radius 1 is 1.50 bits per heavy atom. The van der Waals surface area contributed by atoms with Crippen LogP contribution in [0.3, 0.4) is 0 Å². The largest absolute Gasteiger partial charge is 0.335 e. The summed E-state index contributed by atoms with van der Waals surface area (Å²) in [5.41, 5.74) is 3.71. The van der Waals surface area contributed by atoms with Gasteiger partial charge in [-0.1, -0.05) is 32.1 Å². The summed E-state index contributed by atoms with van der Waals surface area (Å²) in [6, 6.07) is 4.17. The Balaban J connectivity index is 2.52. The lowest BCUT2D eigenvalue weighted by atomic mass is 9.80. The van der Waals surface area contributed by atoms with Crippen LogP contribution >= 0.6 is 0 Å². The first-order chi connectivity index (χ1) is 9.60. The number of allylic oxidation sites excluding steroid dienone is 2. The quantitative estimate of drug-likeness (QED) is 0.686. The van der Waals surface area contributed by atoms with Crippen molar-refractivity contribution in [1.29, 1.82) is 0 Å². The molecule has 0 fully saturated rings. The highest BCUT2D eigenvalue weighted by molar-refractivity contribution is 5.81. The molecule has 2 aromatic rings. The summed E-state index contributed by atoms with van der Waals surface area (Å²) in [5, 5.41) is 1.25. The molecule has 106 valence electrons. The number of hydrogen-bond acceptors (Lipinski definition) is 1. The summed E-state index contributed by atoms with van der Waals surface area (Å²) >= 11 is 0. The van der Waals surface area contributed by atoms with Gasteiger partial charge in [0.1, 0.15) is 5.65 Å². The second-order valence-electron chi connectivity index (χ2n) is 5.50. The third-order valence-electron chi connectivity index (χ3n) is 4.29. The van der Waals surface area contributed by atoms with Gasteiger partial charge in [0.25, 0.3) is 0 Å². The van der Waals surface area contributed by atoms with Gasteiger partial charge in [0.05, 0.1) is 0 Å². The molecule has 2 aromatic heterocycles. The smallest absolute Gasteiger partial charge is 0.139 e. The van der Waals surface area contributed by atoms with Crippen molar-refractivity contribution < 1.29 is 0 Å². The predicted molar refractivity (Wildman–Crippen MR) is 86.9 cm³/mol. The van der Waals surface area contributed by atoms with E-state index in [9.17, 15) is 0 Å². The molecule has 0 saturated carbocycles. The van der Waals surface area contributed by atoms with Crippen LogP contribution in [0.4, 0.5) is 0 Å². The van der Waals surface area contributed by atoms with Gasteiger partial charge < -0.3 is 4.57 Å². The molecule has 2 rings (SSSR count). The topological polar surface area (TPSA) is 17.8 Å². The Morgan fingerprint density at radius 2 is 2.25 bits per heavy atom. The van der Waals surface area contributed by atoms with Gasteiger partial charge in [-0.15, -0.1) is 6.58 Å². The average molecular weight is 268 g/mol. The molecule has 2 heteroatoms. The van der Waals surface area contributed by atoms with E-state index in [1.807, 2.05) is 18.3 Å². The number of pyridine rings is 1. The Labute approximate surface area is 121 Å². The van der Waals surface area contributed by atoms with Crippen LogP contribution in [0.25, 0.3) is 11.0 Å². The number of aryl methyl sites for hydroxylation is 1. The van der Waals surface area contributed by atoms with E-state index in [0.29, 0.717) is 11.8 Å². The Bertz CT molecular complexity index is 621. The number of rotatable bonds is 6. The fraction of sp³-hybridized carbons (Fsp3) is 0.389. The molecule has 0 aliphatic rings. The maximum Gasteiger partial charge on any atom is 0.139 e. The van der Waals surface area contributed by atoms with Crippen molar-refractivity contribution in [3.63, 3.8) is 0 Å². The average Bonchev–Trinajstić information content (AvgIpc) is 2.81. The summed E-state index contributed by atoms with van der Waals surface area (Å²) in [4.78, 5) is 4.48. The van der Waals surface area contributed by atoms with E-state index in [0.717, 1.165) is 18.5 Å². The first-order valence-electron chi connectivity index (χ1n) is 7.28. The van der Waals surface area contributed by atoms with Crippen LogP contribution in [-0.4, -0.2) is 9.55 Å². The Kier molecular flexibility index (Phi) is 4.43. The molecule has 20 heavy (non-hydrogen) atoms. The summed E-state index contributed by atoms with van der Waals surface area (Å²) in [7, 11) is 2.06. The molecule has 2 atom stereocenters. The molecule has 0 saturated heterocycles. The second-order valence-corrected chi connectivity index (χ2v) is 5.50. The van der Waals surface area contributed by atoms with E-state index >= 15 is 0 Å². The van der Waals surface area contributed by atoms with Crippen LogP contribution in [0, 0.1) is 5.92 Å². The van der Waals surface area contributed by atoms with Crippen LogP contribution in [0.15, 0.2) is 49.3 Å². The highest BCUT2D eigenvalue weighted by Crippen LogP contribution is 2.37.